The summed E-state index contributed by atoms with van der Waals surface area (Å²) in [7, 11) is 0. The molecule has 10 heavy (non-hydrogen) atoms. The van der Waals surface area contributed by atoms with Gasteiger partial charge >= 0.3 is 0 Å². The van der Waals surface area contributed by atoms with Gasteiger partial charge in [0.1, 0.15) is 0 Å². The fourth-order valence-corrected chi connectivity index (χ4v) is 2.26. The van der Waals surface area contributed by atoms with Crippen molar-refractivity contribution < 1.29 is 5.11 Å². The highest BCUT2D eigenvalue weighted by Crippen LogP contribution is 2.46. The lowest BCUT2D eigenvalue weighted by molar-refractivity contribution is 0.0231. The Labute approximate surface area is 63.4 Å². The van der Waals surface area contributed by atoms with Gasteiger partial charge in [-0.15, -0.1) is 0 Å². The van der Waals surface area contributed by atoms with Crippen LogP contribution in [0.25, 0.3) is 0 Å². The number of hydrogen-bond acceptors (Lipinski definition) is 1. The van der Waals surface area contributed by atoms with Gasteiger partial charge in [-0.1, -0.05) is 20.8 Å². The Morgan fingerprint density at radius 3 is 1.90 bits per heavy atom. The molecule has 0 aliphatic heterocycles. The third-order valence-corrected chi connectivity index (χ3v) is 2.76. The van der Waals surface area contributed by atoms with Crippen molar-refractivity contribution in [1.29, 1.82) is 0 Å². The molecule has 0 heterocycles. The van der Waals surface area contributed by atoms with Gasteiger partial charge in [0.05, 0.1) is 5.60 Å². The van der Waals surface area contributed by atoms with Gasteiger partial charge in [0.2, 0.25) is 0 Å². The first-order chi connectivity index (χ1) is 4.33. The van der Waals surface area contributed by atoms with Gasteiger partial charge in [0, 0.05) is 0 Å². The second kappa shape index (κ2) is 1.97. The minimum atomic E-state index is -0.413. The van der Waals surface area contributed by atoms with Crippen LogP contribution in [0.4, 0.5) is 0 Å². The predicted octanol–water partition coefficient (Wildman–Crippen LogP) is 2.19. The summed E-state index contributed by atoms with van der Waals surface area (Å²) in [6.07, 6.45) is 2.10. The molecule has 0 amide bonds. The van der Waals surface area contributed by atoms with Gasteiger partial charge in [-0.25, -0.2) is 0 Å². The highest BCUT2D eigenvalue weighted by atomic mass is 16.3. The van der Waals surface area contributed by atoms with Crippen molar-refractivity contribution in [3.05, 3.63) is 0 Å². The van der Waals surface area contributed by atoms with Crippen LogP contribution in [0.3, 0.4) is 0 Å². The first-order valence-electron chi connectivity index (χ1n) is 4.06. The summed E-state index contributed by atoms with van der Waals surface area (Å²) in [4.78, 5) is 0. The van der Waals surface area contributed by atoms with Gasteiger partial charge in [0.15, 0.2) is 0 Å². The topological polar surface area (TPSA) is 20.2 Å². The molecule has 0 bridgehead atoms. The van der Waals surface area contributed by atoms with Crippen LogP contribution in [0.1, 0.15) is 40.5 Å². The van der Waals surface area contributed by atoms with Crippen molar-refractivity contribution in [1.82, 2.24) is 0 Å². The van der Waals surface area contributed by atoms with Crippen LogP contribution in [0.2, 0.25) is 0 Å². The first kappa shape index (κ1) is 8.06. The summed E-state index contributed by atoms with van der Waals surface area (Å²) in [6.45, 7) is 8.54. The average molecular weight is 142 g/mol. The van der Waals surface area contributed by atoms with Crippen molar-refractivity contribution >= 4 is 0 Å². The van der Waals surface area contributed by atoms with Gasteiger partial charge in [-0.05, 0) is 31.1 Å². The van der Waals surface area contributed by atoms with Crippen LogP contribution >= 0.6 is 0 Å². The zero-order valence-corrected chi connectivity index (χ0v) is 7.44. The smallest absolute Gasteiger partial charge is 0.0650 e. The maximum absolute atomic E-state index is 9.80. The van der Waals surface area contributed by atoms with Gasteiger partial charge < -0.3 is 5.11 Å². The fraction of sp³-hybridized carbons (Fsp3) is 1.00. The molecule has 0 aromatic heterocycles. The predicted molar refractivity (Wildman–Crippen MR) is 42.8 cm³/mol. The standard InChI is InChI=1S/C9H18O/c1-7-5-8(2,3)6-9(7,4)10/h7,10H,5-6H2,1-4H3/t7-,9+/m0/s1. The molecule has 60 valence electrons. The molecule has 1 saturated carbocycles. The Morgan fingerprint density at radius 2 is 1.80 bits per heavy atom. The Morgan fingerprint density at radius 1 is 1.30 bits per heavy atom. The lowest BCUT2D eigenvalue weighted by Gasteiger charge is -2.22. The molecule has 0 aromatic rings. The van der Waals surface area contributed by atoms with Gasteiger partial charge in [-0.3, -0.25) is 0 Å². The van der Waals surface area contributed by atoms with E-state index < -0.39 is 5.60 Å². The van der Waals surface area contributed by atoms with E-state index in [9.17, 15) is 5.11 Å². The zero-order chi connectivity index (χ0) is 7.99. The van der Waals surface area contributed by atoms with Crippen LogP contribution in [0, 0.1) is 11.3 Å². The molecule has 1 rings (SSSR count). The van der Waals surface area contributed by atoms with E-state index in [1.54, 1.807) is 0 Å². The monoisotopic (exact) mass is 142 g/mol. The molecule has 0 aromatic carbocycles. The van der Waals surface area contributed by atoms with Crippen LogP contribution in [0.15, 0.2) is 0 Å². The molecule has 2 atom stereocenters. The average Bonchev–Trinajstić information content (AvgIpc) is 1.73. The van der Waals surface area contributed by atoms with E-state index in [0.717, 1.165) is 12.8 Å². The molecule has 1 aliphatic rings. The largest absolute Gasteiger partial charge is 0.390 e. The van der Waals surface area contributed by atoms with E-state index in [4.69, 9.17) is 0 Å². The number of rotatable bonds is 0. The van der Waals surface area contributed by atoms with Crippen molar-refractivity contribution in [2.24, 2.45) is 11.3 Å². The molecule has 1 nitrogen and oxygen atoms in total. The maximum Gasteiger partial charge on any atom is 0.0650 e. The molecule has 0 unspecified atom stereocenters. The van der Waals surface area contributed by atoms with Crippen molar-refractivity contribution in [2.45, 2.75) is 46.1 Å². The molecule has 0 spiro atoms. The normalized spacial score (nSPS) is 45.9. The lowest BCUT2D eigenvalue weighted by atomic mass is 9.90. The molecule has 1 fully saturated rings. The highest BCUT2D eigenvalue weighted by molar-refractivity contribution is 4.95. The zero-order valence-electron chi connectivity index (χ0n) is 7.44. The van der Waals surface area contributed by atoms with Crippen molar-refractivity contribution in [3.63, 3.8) is 0 Å². The minimum Gasteiger partial charge on any atom is -0.390 e. The molecule has 1 N–H and O–H groups in total. The molecule has 1 aliphatic carbocycles. The van der Waals surface area contributed by atoms with E-state index in [0.29, 0.717) is 11.3 Å². The second-order valence-electron chi connectivity index (χ2n) is 4.80. The Hall–Kier alpha value is -0.0400. The van der Waals surface area contributed by atoms with E-state index in [1.165, 1.54) is 0 Å². The van der Waals surface area contributed by atoms with Crippen LogP contribution in [-0.4, -0.2) is 10.7 Å². The van der Waals surface area contributed by atoms with E-state index >= 15 is 0 Å². The molecular weight excluding hydrogens is 124 g/mol. The van der Waals surface area contributed by atoms with Crippen LogP contribution in [-0.2, 0) is 0 Å². The van der Waals surface area contributed by atoms with Crippen LogP contribution in [0.5, 0.6) is 0 Å². The summed E-state index contributed by atoms with van der Waals surface area (Å²) in [5.41, 5.74) is -0.0631. The molecule has 0 radical (unpaired) electrons. The van der Waals surface area contributed by atoms with E-state index in [-0.39, 0.29) is 0 Å². The number of hydrogen-bond donors (Lipinski definition) is 1. The molecular formula is C9H18O. The maximum atomic E-state index is 9.80. The summed E-state index contributed by atoms with van der Waals surface area (Å²) < 4.78 is 0. The van der Waals surface area contributed by atoms with Crippen molar-refractivity contribution in [2.75, 3.05) is 0 Å². The quantitative estimate of drug-likeness (QED) is 0.549. The first-order valence-corrected chi connectivity index (χ1v) is 4.06. The van der Waals surface area contributed by atoms with Gasteiger partial charge in [0.25, 0.3) is 0 Å². The summed E-state index contributed by atoms with van der Waals surface area (Å²) in [5, 5.41) is 9.80. The summed E-state index contributed by atoms with van der Waals surface area (Å²) in [5.74, 6) is 0.461. The van der Waals surface area contributed by atoms with E-state index in [2.05, 4.69) is 20.8 Å². The molecule has 1 heteroatoms. The van der Waals surface area contributed by atoms with Crippen LogP contribution < -0.4 is 0 Å². The minimum absolute atomic E-state index is 0.350. The fourth-order valence-electron chi connectivity index (χ4n) is 2.26. The second-order valence-corrected chi connectivity index (χ2v) is 4.80. The Kier molecular flexibility index (Phi) is 1.59. The molecule has 0 saturated heterocycles. The Balaban J connectivity index is 2.71. The van der Waals surface area contributed by atoms with Gasteiger partial charge in [-0.2, -0.15) is 0 Å². The Bertz CT molecular complexity index is 136. The SMILES string of the molecule is C[C@H]1CC(C)(C)C[C@@]1(C)O. The third kappa shape index (κ3) is 1.34. The third-order valence-electron chi connectivity index (χ3n) is 2.76. The number of aliphatic hydroxyl groups is 1. The van der Waals surface area contributed by atoms with E-state index in [1.807, 2.05) is 6.92 Å². The lowest BCUT2D eigenvalue weighted by Crippen LogP contribution is -2.27. The highest BCUT2D eigenvalue weighted by Gasteiger charge is 2.43. The summed E-state index contributed by atoms with van der Waals surface area (Å²) in [6, 6.07) is 0. The van der Waals surface area contributed by atoms with Crippen molar-refractivity contribution in [3.8, 4) is 0 Å². The summed E-state index contributed by atoms with van der Waals surface area (Å²) >= 11 is 0.